The van der Waals surface area contributed by atoms with Gasteiger partial charge in [-0.05, 0) is 35.4 Å². The summed E-state index contributed by atoms with van der Waals surface area (Å²) in [4.78, 5) is 25.3. The number of nitrogens with two attached hydrogens (primary N) is 1. The second-order valence-electron chi connectivity index (χ2n) is 6.55. The van der Waals surface area contributed by atoms with Gasteiger partial charge in [-0.25, -0.2) is 4.39 Å². The van der Waals surface area contributed by atoms with Gasteiger partial charge < -0.3 is 10.6 Å². The number of nitrogens with zero attached hydrogens (tertiary/aromatic N) is 1. The quantitative estimate of drug-likeness (QED) is 0.771. The number of amides is 2. The molecule has 0 radical (unpaired) electrons. The maximum absolute atomic E-state index is 13.6. The van der Waals surface area contributed by atoms with E-state index in [-0.39, 0.29) is 23.9 Å². The summed E-state index contributed by atoms with van der Waals surface area (Å²) in [5.41, 5.74) is 5.24. The first-order valence-corrected chi connectivity index (χ1v) is 8.66. The molecular formula is C19H15ClF4N2O2. The Hall–Kier alpha value is -2.61. The zero-order valence-corrected chi connectivity index (χ0v) is 15.1. The second-order valence-corrected chi connectivity index (χ2v) is 6.95. The number of rotatable bonds is 4. The Morgan fingerprint density at radius 1 is 1.14 bits per heavy atom. The molecule has 9 heteroatoms. The molecule has 2 N–H and O–H groups in total. The number of primary amides is 1. The first kappa shape index (κ1) is 20.1. The van der Waals surface area contributed by atoms with Gasteiger partial charge in [-0.15, -0.1) is 0 Å². The Bertz CT molecular complexity index is 915. The van der Waals surface area contributed by atoms with Crippen molar-refractivity contribution in [3.8, 4) is 0 Å². The van der Waals surface area contributed by atoms with E-state index in [1.807, 2.05) is 0 Å². The summed E-state index contributed by atoms with van der Waals surface area (Å²) >= 11 is 5.85. The van der Waals surface area contributed by atoms with Gasteiger partial charge in [0.15, 0.2) is 0 Å². The Labute approximate surface area is 162 Å². The van der Waals surface area contributed by atoms with Crippen LogP contribution >= 0.6 is 11.6 Å². The molecule has 28 heavy (non-hydrogen) atoms. The highest BCUT2D eigenvalue weighted by atomic mass is 35.5. The number of hydrogen-bond donors (Lipinski definition) is 1. The van der Waals surface area contributed by atoms with E-state index >= 15 is 0 Å². The summed E-state index contributed by atoms with van der Waals surface area (Å²) < 4.78 is 52.2. The van der Waals surface area contributed by atoms with Crippen LogP contribution in [0.3, 0.4) is 0 Å². The minimum Gasteiger partial charge on any atom is -0.369 e. The molecule has 1 aliphatic heterocycles. The molecule has 3 rings (SSSR count). The summed E-state index contributed by atoms with van der Waals surface area (Å²) in [6, 6.07) is 7.28. The molecule has 1 fully saturated rings. The molecule has 1 unspecified atom stereocenters. The average molecular weight is 415 g/mol. The molecule has 0 saturated carbocycles. The van der Waals surface area contributed by atoms with Gasteiger partial charge in [0.2, 0.25) is 11.8 Å². The number of carbonyl (C=O) groups is 2. The van der Waals surface area contributed by atoms with E-state index in [4.69, 9.17) is 17.3 Å². The lowest BCUT2D eigenvalue weighted by Gasteiger charge is -2.29. The maximum Gasteiger partial charge on any atom is 0.416 e. The van der Waals surface area contributed by atoms with Gasteiger partial charge in [-0.3, -0.25) is 9.59 Å². The highest BCUT2D eigenvalue weighted by Gasteiger charge is 2.39. The Morgan fingerprint density at radius 2 is 1.75 bits per heavy atom. The van der Waals surface area contributed by atoms with E-state index in [0.717, 1.165) is 18.2 Å². The van der Waals surface area contributed by atoms with E-state index in [1.54, 1.807) is 0 Å². The van der Waals surface area contributed by atoms with Crippen molar-refractivity contribution in [3.63, 3.8) is 0 Å². The minimum absolute atomic E-state index is 0.00878. The normalized spacial score (nSPS) is 18.4. The van der Waals surface area contributed by atoms with Crippen molar-refractivity contribution >= 4 is 23.4 Å². The zero-order valence-electron chi connectivity index (χ0n) is 14.3. The van der Waals surface area contributed by atoms with Crippen LogP contribution in [-0.4, -0.2) is 23.3 Å². The molecule has 2 aromatic carbocycles. The predicted molar refractivity (Wildman–Crippen MR) is 93.7 cm³/mol. The van der Waals surface area contributed by atoms with Crippen LogP contribution in [0, 0.1) is 11.7 Å². The van der Waals surface area contributed by atoms with Crippen LogP contribution in [0.5, 0.6) is 0 Å². The monoisotopic (exact) mass is 414 g/mol. The number of alkyl halides is 3. The van der Waals surface area contributed by atoms with Crippen LogP contribution in [-0.2, 0) is 15.8 Å². The molecule has 1 saturated heterocycles. The van der Waals surface area contributed by atoms with Crippen LogP contribution in [0.2, 0.25) is 5.02 Å². The fraction of sp³-hybridized carbons (Fsp3) is 0.263. The topological polar surface area (TPSA) is 63.4 Å². The number of halogens is 5. The highest BCUT2D eigenvalue weighted by Crippen LogP contribution is 2.37. The molecule has 0 spiro atoms. The first-order chi connectivity index (χ1) is 13.1. The van der Waals surface area contributed by atoms with Crippen molar-refractivity contribution in [3.05, 3.63) is 70.0 Å². The van der Waals surface area contributed by atoms with Gasteiger partial charge in [-0.1, -0.05) is 29.8 Å². The lowest BCUT2D eigenvalue weighted by molar-refractivity contribution is -0.137. The van der Waals surface area contributed by atoms with Crippen LogP contribution in [0.1, 0.15) is 29.2 Å². The fourth-order valence-corrected chi connectivity index (χ4v) is 3.45. The van der Waals surface area contributed by atoms with E-state index in [1.165, 1.54) is 29.2 Å². The maximum atomic E-state index is 13.6. The summed E-state index contributed by atoms with van der Waals surface area (Å²) in [6.07, 6.45) is -4.60. The summed E-state index contributed by atoms with van der Waals surface area (Å²) in [6.45, 7) is 0.00878. The van der Waals surface area contributed by atoms with Gasteiger partial charge in [-0.2, -0.15) is 13.2 Å². The molecule has 2 aromatic rings. The van der Waals surface area contributed by atoms with Crippen molar-refractivity contribution in [2.24, 2.45) is 11.7 Å². The predicted octanol–water partition coefficient (Wildman–Crippen LogP) is 3.92. The summed E-state index contributed by atoms with van der Waals surface area (Å²) in [5.74, 6) is -2.40. The van der Waals surface area contributed by atoms with Gasteiger partial charge in [0.25, 0.3) is 0 Å². The van der Waals surface area contributed by atoms with E-state index in [9.17, 15) is 27.2 Å². The molecular weight excluding hydrogens is 400 g/mol. The lowest BCUT2D eigenvalue weighted by Crippen LogP contribution is -2.33. The first-order valence-electron chi connectivity index (χ1n) is 8.29. The molecule has 148 valence electrons. The van der Waals surface area contributed by atoms with Crippen molar-refractivity contribution in [2.75, 3.05) is 6.54 Å². The molecule has 0 aromatic heterocycles. The number of carbonyl (C=O) groups excluding carboxylic acids is 2. The van der Waals surface area contributed by atoms with Crippen molar-refractivity contribution < 1.29 is 27.2 Å². The fourth-order valence-electron chi connectivity index (χ4n) is 3.26. The minimum atomic E-state index is -4.51. The Morgan fingerprint density at radius 3 is 2.25 bits per heavy atom. The van der Waals surface area contributed by atoms with E-state index < -0.39 is 35.4 Å². The highest BCUT2D eigenvalue weighted by molar-refractivity contribution is 6.30. The number of hydrogen-bond acceptors (Lipinski definition) is 2. The van der Waals surface area contributed by atoms with Crippen molar-refractivity contribution in [1.29, 1.82) is 0 Å². The SMILES string of the molecule is NC(=O)C1CC(=O)N([C@H](c2ccc(C(F)(F)F)cc2)c2ccc(F)c(Cl)c2)C1. The van der Waals surface area contributed by atoms with E-state index in [0.29, 0.717) is 11.1 Å². The molecule has 1 aliphatic rings. The smallest absolute Gasteiger partial charge is 0.369 e. The number of likely N-dealkylation sites (tertiary alicyclic amines) is 1. The van der Waals surface area contributed by atoms with E-state index in [2.05, 4.69) is 0 Å². The van der Waals surface area contributed by atoms with Crippen molar-refractivity contribution in [1.82, 2.24) is 4.90 Å². The molecule has 4 nitrogen and oxygen atoms in total. The van der Waals surface area contributed by atoms with Gasteiger partial charge in [0, 0.05) is 13.0 Å². The summed E-state index contributed by atoms with van der Waals surface area (Å²) in [5, 5.41) is -0.187. The third-order valence-electron chi connectivity index (χ3n) is 4.69. The lowest BCUT2D eigenvalue weighted by atomic mass is 9.96. The molecule has 2 atom stereocenters. The van der Waals surface area contributed by atoms with Gasteiger partial charge >= 0.3 is 6.18 Å². The molecule has 1 heterocycles. The largest absolute Gasteiger partial charge is 0.416 e. The average Bonchev–Trinajstić information content (AvgIpc) is 3.00. The third kappa shape index (κ3) is 3.96. The third-order valence-corrected chi connectivity index (χ3v) is 4.98. The van der Waals surface area contributed by atoms with Gasteiger partial charge in [0.1, 0.15) is 5.82 Å². The van der Waals surface area contributed by atoms with Crippen LogP contribution < -0.4 is 5.73 Å². The van der Waals surface area contributed by atoms with Crippen LogP contribution in [0.15, 0.2) is 42.5 Å². The van der Waals surface area contributed by atoms with Gasteiger partial charge in [0.05, 0.1) is 22.5 Å². The Balaban J connectivity index is 2.06. The molecule has 0 bridgehead atoms. The Kier molecular flexibility index (Phi) is 5.34. The molecule has 0 aliphatic carbocycles. The molecule has 2 amide bonds. The van der Waals surface area contributed by atoms with Crippen molar-refractivity contribution in [2.45, 2.75) is 18.6 Å². The number of benzene rings is 2. The standard InChI is InChI=1S/C19H15ClF4N2O2/c20-14-7-11(3-6-15(14)21)17(26-9-12(18(25)28)8-16(26)27)10-1-4-13(5-2-10)19(22,23)24/h1-7,12,17H,8-9H2,(H2,25,28)/t12?,17-/m1/s1. The summed E-state index contributed by atoms with van der Waals surface area (Å²) in [7, 11) is 0. The second kappa shape index (κ2) is 7.43. The van der Waals surface area contributed by atoms with Crippen LogP contribution in [0.4, 0.5) is 17.6 Å². The zero-order chi connectivity index (χ0) is 20.6. The van der Waals surface area contributed by atoms with Crippen LogP contribution in [0.25, 0.3) is 0 Å².